The average Bonchev–Trinajstić information content (AvgIpc) is 2.67. The first kappa shape index (κ1) is 41.8. The van der Waals surface area contributed by atoms with Crippen LogP contribution in [0.15, 0.2) is 0 Å². The van der Waals surface area contributed by atoms with Crippen molar-refractivity contribution < 1.29 is 99.3 Å². The molecule has 0 radical (unpaired) electrons. The second-order valence-electron chi connectivity index (χ2n) is 7.19. The molecule has 0 aromatic carbocycles. The first-order valence-corrected chi connectivity index (χ1v) is 14.4. The number of hydrogen-bond donors (Lipinski definition) is 0. The molecule has 0 bridgehead atoms. The van der Waals surface area contributed by atoms with Gasteiger partial charge >= 0.3 is 59.1 Å². The smallest absolute Gasteiger partial charge is 0.748 e. The number of rotatable bonds is 21. The van der Waals surface area contributed by atoms with Gasteiger partial charge in [0.2, 0.25) is 0 Å². The molecule has 0 amide bonds. The molecule has 0 unspecified atom stereocenters. The van der Waals surface area contributed by atoms with Crippen LogP contribution in [-0.4, -0.2) is 77.1 Å². The monoisotopic (exact) mass is 536 g/mol. The molecule has 0 fully saturated rings. The maximum atomic E-state index is 10.3. The summed E-state index contributed by atoms with van der Waals surface area (Å²) in [5.74, 6) is -0.513. The molecule has 0 atom stereocenters. The minimum atomic E-state index is -4.08. The maximum absolute atomic E-state index is 10.3. The third kappa shape index (κ3) is 47.5. The molecular formula is C20H42Na2O9S2. The van der Waals surface area contributed by atoms with Crippen LogP contribution >= 0.6 is 0 Å². The van der Waals surface area contributed by atoms with Crippen molar-refractivity contribution in [2.24, 2.45) is 0 Å². The summed E-state index contributed by atoms with van der Waals surface area (Å²) in [6.45, 7) is 7.59. The van der Waals surface area contributed by atoms with Crippen molar-refractivity contribution in [1.29, 1.82) is 0 Å². The molecule has 33 heavy (non-hydrogen) atoms. The molecule has 0 saturated carbocycles. The van der Waals surface area contributed by atoms with Crippen LogP contribution in [0.5, 0.6) is 0 Å². The van der Waals surface area contributed by atoms with Gasteiger partial charge in [0.1, 0.15) is 0 Å². The Labute approximate surface area is 246 Å². The molecule has 9 nitrogen and oxygen atoms in total. The summed E-state index contributed by atoms with van der Waals surface area (Å²) < 4.78 is 77.2. The van der Waals surface area contributed by atoms with Gasteiger partial charge in [-0.1, -0.05) is 52.4 Å². The van der Waals surface area contributed by atoms with Crippen molar-refractivity contribution in [2.45, 2.75) is 78.1 Å². The summed E-state index contributed by atoms with van der Waals surface area (Å²) in [5, 5.41) is 0. The summed E-state index contributed by atoms with van der Waals surface area (Å²) in [6.07, 6.45) is 9.07. The number of unbranched alkanes of at least 4 members (excludes halogenated alkanes) is 7. The third-order valence-corrected chi connectivity index (χ3v) is 5.64. The Morgan fingerprint density at radius 2 is 0.818 bits per heavy atom. The Hall–Kier alpha value is 1.70. The van der Waals surface area contributed by atoms with Crippen LogP contribution in [0.4, 0.5) is 0 Å². The van der Waals surface area contributed by atoms with Crippen molar-refractivity contribution in [3.63, 3.8) is 0 Å². The predicted molar refractivity (Wildman–Crippen MR) is 119 cm³/mol. The van der Waals surface area contributed by atoms with E-state index < -0.39 is 20.2 Å². The van der Waals surface area contributed by atoms with E-state index >= 15 is 0 Å². The van der Waals surface area contributed by atoms with E-state index in [-0.39, 0.29) is 70.6 Å². The first-order chi connectivity index (χ1) is 14.6. The maximum Gasteiger partial charge on any atom is 1.00 e. The summed E-state index contributed by atoms with van der Waals surface area (Å²) in [6, 6.07) is 0. The van der Waals surface area contributed by atoms with Gasteiger partial charge in [-0.2, -0.15) is 0 Å². The molecule has 0 aromatic heterocycles. The molecule has 13 heteroatoms. The minimum absolute atomic E-state index is 0. The van der Waals surface area contributed by atoms with Crippen LogP contribution < -0.4 is 59.1 Å². The Kier molecular flexibility index (Phi) is 37.9. The van der Waals surface area contributed by atoms with Gasteiger partial charge in [0.05, 0.1) is 46.7 Å². The number of hydrogen-bond acceptors (Lipinski definition) is 9. The molecule has 0 aliphatic rings. The van der Waals surface area contributed by atoms with Crippen molar-refractivity contribution >= 4 is 20.2 Å². The Bertz CT molecular complexity index is 574. The van der Waals surface area contributed by atoms with E-state index in [0.29, 0.717) is 52.3 Å². The average molecular weight is 537 g/mol. The van der Waals surface area contributed by atoms with E-state index in [0.717, 1.165) is 38.7 Å². The fourth-order valence-corrected chi connectivity index (χ4v) is 3.45. The zero-order chi connectivity index (χ0) is 23.8. The van der Waals surface area contributed by atoms with E-state index in [2.05, 4.69) is 13.8 Å². The Morgan fingerprint density at radius 3 is 1.24 bits per heavy atom. The first-order valence-electron chi connectivity index (χ1n) is 11.2. The molecule has 0 aromatic rings. The van der Waals surface area contributed by atoms with Crippen molar-refractivity contribution in [1.82, 2.24) is 0 Å². The van der Waals surface area contributed by atoms with Gasteiger partial charge in [-0.25, -0.2) is 16.8 Å². The zero-order valence-corrected chi connectivity index (χ0v) is 26.9. The van der Waals surface area contributed by atoms with Gasteiger partial charge in [-0.05, 0) is 25.7 Å². The van der Waals surface area contributed by atoms with Gasteiger partial charge in [-0.3, -0.25) is 0 Å². The normalized spacial score (nSPS) is 11.2. The Balaban J connectivity index is -0.000000262. The second-order valence-corrected chi connectivity index (χ2v) is 10.2. The summed E-state index contributed by atoms with van der Waals surface area (Å²) in [4.78, 5) is 0. The zero-order valence-electron chi connectivity index (χ0n) is 21.2. The summed E-state index contributed by atoms with van der Waals surface area (Å²) in [5.41, 5.74) is 0. The fraction of sp³-hybridized carbons (Fsp3) is 1.00. The van der Waals surface area contributed by atoms with Gasteiger partial charge in [0, 0.05) is 24.7 Å². The van der Waals surface area contributed by atoms with E-state index in [1.165, 1.54) is 12.8 Å². The van der Waals surface area contributed by atoms with Crippen LogP contribution in [-0.2, 0) is 34.4 Å². The molecule has 0 aliphatic carbocycles. The standard InChI is InChI=1S/C12H26O6S.C8H18O3S.2Na/c1-2-3-6-16-8-10-18-11-9-17-7-4-5-12-19(13,14)15;1-2-3-4-5-6-7-8-12(9,10)11;;/h2-12H2,1H3,(H,13,14,15);2-8H2,1H3,(H,9,10,11);;/q;;2*+1/p-2. The van der Waals surface area contributed by atoms with Crippen molar-refractivity contribution in [3.05, 3.63) is 0 Å². The van der Waals surface area contributed by atoms with Gasteiger partial charge in [-0.15, -0.1) is 0 Å². The third-order valence-electron chi connectivity index (χ3n) is 4.07. The Morgan fingerprint density at radius 1 is 0.485 bits per heavy atom. The van der Waals surface area contributed by atoms with Crippen LogP contribution in [0.3, 0.4) is 0 Å². The van der Waals surface area contributed by atoms with Crippen LogP contribution in [0, 0.1) is 0 Å². The summed E-state index contributed by atoms with van der Waals surface area (Å²) in [7, 11) is -8.05. The van der Waals surface area contributed by atoms with Crippen LogP contribution in [0.1, 0.15) is 78.1 Å². The molecule has 0 heterocycles. The van der Waals surface area contributed by atoms with Crippen LogP contribution in [0.25, 0.3) is 0 Å². The topological polar surface area (TPSA) is 142 Å². The molecule has 0 saturated heterocycles. The van der Waals surface area contributed by atoms with Gasteiger partial charge in [0.15, 0.2) is 0 Å². The largest absolute Gasteiger partial charge is 1.00 e. The summed E-state index contributed by atoms with van der Waals surface area (Å²) >= 11 is 0. The van der Waals surface area contributed by atoms with Crippen molar-refractivity contribution in [3.8, 4) is 0 Å². The van der Waals surface area contributed by atoms with Crippen LogP contribution in [0.2, 0.25) is 0 Å². The molecule has 0 aliphatic heterocycles. The second kappa shape index (κ2) is 29.9. The predicted octanol–water partition coefficient (Wildman–Crippen LogP) is -2.94. The number of ether oxygens (including phenoxy) is 3. The molecular weight excluding hydrogens is 494 g/mol. The molecule has 0 rings (SSSR count). The molecule has 190 valence electrons. The van der Waals surface area contributed by atoms with Gasteiger partial charge < -0.3 is 23.3 Å². The minimum Gasteiger partial charge on any atom is -0.748 e. The fourth-order valence-electron chi connectivity index (χ4n) is 2.33. The van der Waals surface area contributed by atoms with Gasteiger partial charge in [0.25, 0.3) is 0 Å². The molecule has 0 N–H and O–H groups in total. The SMILES string of the molecule is CCCCCCCCS(=O)(=O)[O-].CCCCOCCOCCOCCCCS(=O)(=O)[O-].[Na+].[Na+]. The molecule has 0 spiro atoms. The van der Waals surface area contributed by atoms with E-state index in [9.17, 15) is 25.9 Å². The van der Waals surface area contributed by atoms with E-state index in [4.69, 9.17) is 14.2 Å². The van der Waals surface area contributed by atoms with E-state index in [1.807, 2.05) is 0 Å². The quantitative estimate of drug-likeness (QED) is 0.0855. The van der Waals surface area contributed by atoms with E-state index in [1.54, 1.807) is 0 Å². The van der Waals surface area contributed by atoms with Crippen molar-refractivity contribution in [2.75, 3.05) is 51.1 Å².